The monoisotopic (exact) mass is 503 g/mol. The van der Waals surface area contributed by atoms with Crippen molar-refractivity contribution in [3.63, 3.8) is 0 Å². The third kappa shape index (κ3) is 5.42. The summed E-state index contributed by atoms with van der Waals surface area (Å²) in [5, 5.41) is 4.36. The Hall–Kier alpha value is -4.09. The van der Waals surface area contributed by atoms with Gasteiger partial charge in [0, 0.05) is 44.0 Å². The number of nitrogens with zero attached hydrogens (tertiary/aromatic N) is 5. The van der Waals surface area contributed by atoms with Crippen LogP contribution in [-0.4, -0.2) is 66.0 Å². The van der Waals surface area contributed by atoms with Gasteiger partial charge in [0.15, 0.2) is 0 Å². The fourth-order valence-corrected chi connectivity index (χ4v) is 3.87. The average Bonchev–Trinajstić information content (AvgIpc) is 2.89. The first kappa shape index (κ1) is 25.0. The van der Waals surface area contributed by atoms with Crippen LogP contribution >= 0.6 is 0 Å². The number of carbonyl (C=O) groups is 1. The standard InChI is InChI=1S/C24H24F3N5O4/c1-35-17-4-6-20(36-2)18(13-17)19-5-8-22(33)32(29-19)15-23(34)31-11-9-30(10-12-31)21-7-3-16(14-28-21)24(25,26)27/h3-8,13-14H,9-12,15H2,1-2H3. The number of methoxy groups -OCH3 is 2. The van der Waals surface area contributed by atoms with Crippen LogP contribution in [0.5, 0.6) is 11.5 Å². The molecule has 1 aliphatic rings. The fourth-order valence-electron chi connectivity index (χ4n) is 3.87. The molecule has 9 nitrogen and oxygen atoms in total. The average molecular weight is 503 g/mol. The van der Waals surface area contributed by atoms with Crippen LogP contribution in [0.2, 0.25) is 0 Å². The van der Waals surface area contributed by atoms with Crippen molar-refractivity contribution < 1.29 is 27.4 Å². The fraction of sp³-hybridized carbons (Fsp3) is 0.333. The molecular formula is C24H24F3N5O4. The van der Waals surface area contributed by atoms with Gasteiger partial charge in [-0.3, -0.25) is 9.59 Å². The normalized spacial score (nSPS) is 14.0. The minimum Gasteiger partial charge on any atom is -0.497 e. The van der Waals surface area contributed by atoms with Crippen LogP contribution in [0.25, 0.3) is 11.3 Å². The zero-order valence-electron chi connectivity index (χ0n) is 19.7. The van der Waals surface area contributed by atoms with Crippen LogP contribution in [0, 0.1) is 0 Å². The molecule has 2 aromatic heterocycles. The largest absolute Gasteiger partial charge is 0.497 e. The number of carbonyl (C=O) groups excluding carboxylic acids is 1. The maximum absolute atomic E-state index is 12.9. The molecule has 1 amide bonds. The lowest BCUT2D eigenvalue weighted by molar-refractivity contribution is -0.138. The number of amides is 1. The molecule has 0 spiro atoms. The predicted molar refractivity (Wildman–Crippen MR) is 125 cm³/mol. The Balaban J connectivity index is 1.43. The second-order valence-electron chi connectivity index (χ2n) is 8.05. The van der Waals surface area contributed by atoms with Crippen molar-refractivity contribution in [2.75, 3.05) is 45.3 Å². The van der Waals surface area contributed by atoms with E-state index in [0.717, 1.165) is 16.9 Å². The lowest BCUT2D eigenvalue weighted by atomic mass is 10.1. The van der Waals surface area contributed by atoms with Gasteiger partial charge >= 0.3 is 6.18 Å². The highest BCUT2D eigenvalue weighted by Crippen LogP contribution is 2.32. The smallest absolute Gasteiger partial charge is 0.417 e. The van der Waals surface area contributed by atoms with Crippen LogP contribution < -0.4 is 19.9 Å². The summed E-state index contributed by atoms with van der Waals surface area (Å²) < 4.78 is 50.0. The predicted octanol–water partition coefficient (Wildman–Crippen LogP) is 2.69. The first-order valence-electron chi connectivity index (χ1n) is 11.1. The molecule has 1 saturated heterocycles. The van der Waals surface area contributed by atoms with Gasteiger partial charge in [0.05, 0.1) is 25.5 Å². The van der Waals surface area contributed by atoms with E-state index in [2.05, 4.69) is 10.1 Å². The number of halogens is 3. The zero-order valence-corrected chi connectivity index (χ0v) is 19.7. The van der Waals surface area contributed by atoms with E-state index in [1.807, 2.05) is 4.90 Å². The molecule has 0 atom stereocenters. The van der Waals surface area contributed by atoms with Gasteiger partial charge < -0.3 is 19.3 Å². The van der Waals surface area contributed by atoms with Crippen molar-refractivity contribution in [3.8, 4) is 22.8 Å². The lowest BCUT2D eigenvalue weighted by Crippen LogP contribution is -2.50. The topological polar surface area (TPSA) is 89.8 Å². The third-order valence-electron chi connectivity index (χ3n) is 5.87. The van der Waals surface area contributed by atoms with Crippen LogP contribution in [0.1, 0.15) is 5.56 Å². The van der Waals surface area contributed by atoms with Crippen molar-refractivity contribution in [1.82, 2.24) is 19.7 Å². The Bertz CT molecular complexity index is 1290. The van der Waals surface area contributed by atoms with Crippen molar-refractivity contribution in [2.24, 2.45) is 0 Å². The molecule has 4 rings (SSSR count). The number of alkyl halides is 3. The molecule has 3 heterocycles. The zero-order chi connectivity index (χ0) is 25.9. The molecule has 0 radical (unpaired) electrons. The molecule has 190 valence electrons. The summed E-state index contributed by atoms with van der Waals surface area (Å²) in [5.41, 5.74) is -0.194. The van der Waals surface area contributed by atoms with E-state index in [9.17, 15) is 22.8 Å². The summed E-state index contributed by atoms with van der Waals surface area (Å²) >= 11 is 0. The van der Waals surface area contributed by atoms with Gasteiger partial charge in [0.2, 0.25) is 5.91 Å². The van der Waals surface area contributed by atoms with Gasteiger partial charge in [0.25, 0.3) is 5.56 Å². The van der Waals surface area contributed by atoms with Crippen LogP contribution in [0.15, 0.2) is 53.5 Å². The Morgan fingerprint density at radius 1 is 1.00 bits per heavy atom. The molecule has 0 aliphatic carbocycles. The van der Waals surface area contributed by atoms with Gasteiger partial charge in [0.1, 0.15) is 23.9 Å². The number of pyridine rings is 1. The number of rotatable bonds is 6. The second-order valence-corrected chi connectivity index (χ2v) is 8.05. The summed E-state index contributed by atoms with van der Waals surface area (Å²) in [6.07, 6.45) is -3.65. The van der Waals surface area contributed by atoms with E-state index in [1.165, 1.54) is 26.4 Å². The summed E-state index contributed by atoms with van der Waals surface area (Å²) in [5.74, 6) is 1.24. The Kier molecular flexibility index (Phi) is 7.13. The highest BCUT2D eigenvalue weighted by Gasteiger charge is 2.31. The van der Waals surface area contributed by atoms with Crippen molar-refractivity contribution >= 4 is 11.7 Å². The maximum Gasteiger partial charge on any atom is 0.417 e. The van der Waals surface area contributed by atoms with Gasteiger partial charge in [-0.15, -0.1) is 0 Å². The maximum atomic E-state index is 12.9. The Morgan fingerprint density at radius 2 is 1.75 bits per heavy atom. The second kappa shape index (κ2) is 10.3. The minimum atomic E-state index is -4.45. The first-order chi connectivity index (χ1) is 17.2. The van der Waals surface area contributed by atoms with Gasteiger partial charge in [-0.2, -0.15) is 18.3 Å². The van der Waals surface area contributed by atoms with Crippen molar-refractivity contribution in [3.05, 3.63) is 64.6 Å². The molecule has 3 aromatic rings. The van der Waals surface area contributed by atoms with E-state index < -0.39 is 17.3 Å². The number of anilines is 1. The Morgan fingerprint density at radius 3 is 2.36 bits per heavy atom. The minimum absolute atomic E-state index is 0.252. The number of hydrogen-bond acceptors (Lipinski definition) is 7. The van der Waals surface area contributed by atoms with E-state index in [4.69, 9.17) is 9.47 Å². The SMILES string of the molecule is COc1ccc(OC)c(-c2ccc(=O)n(CC(=O)N3CCN(c4ccc(C(F)(F)F)cn4)CC3)n2)c1. The summed E-state index contributed by atoms with van der Waals surface area (Å²) in [6, 6.07) is 10.4. The quantitative estimate of drug-likeness (QED) is 0.511. The van der Waals surface area contributed by atoms with E-state index in [0.29, 0.717) is 54.8 Å². The van der Waals surface area contributed by atoms with Gasteiger partial charge in [-0.1, -0.05) is 0 Å². The Labute approximate surface area is 204 Å². The molecule has 1 fully saturated rings. The van der Waals surface area contributed by atoms with Gasteiger partial charge in [-0.05, 0) is 36.4 Å². The van der Waals surface area contributed by atoms with Gasteiger partial charge in [-0.25, -0.2) is 9.67 Å². The molecule has 1 aliphatic heterocycles. The molecule has 36 heavy (non-hydrogen) atoms. The summed E-state index contributed by atoms with van der Waals surface area (Å²) in [6.45, 7) is 1.21. The number of ether oxygens (including phenoxy) is 2. The number of benzene rings is 1. The molecular weight excluding hydrogens is 479 g/mol. The molecule has 0 unspecified atom stereocenters. The lowest BCUT2D eigenvalue weighted by Gasteiger charge is -2.35. The number of hydrogen-bond donors (Lipinski definition) is 0. The third-order valence-corrected chi connectivity index (χ3v) is 5.87. The molecule has 1 aromatic carbocycles. The molecule has 0 N–H and O–H groups in total. The molecule has 0 bridgehead atoms. The summed E-state index contributed by atoms with van der Waals surface area (Å²) in [7, 11) is 3.05. The van der Waals surface area contributed by atoms with Crippen LogP contribution in [0.4, 0.5) is 19.0 Å². The number of aromatic nitrogens is 3. The summed E-state index contributed by atoms with van der Waals surface area (Å²) in [4.78, 5) is 32.6. The van der Waals surface area contributed by atoms with E-state index >= 15 is 0 Å². The molecule has 0 saturated carbocycles. The van der Waals surface area contributed by atoms with E-state index in [1.54, 1.807) is 29.2 Å². The van der Waals surface area contributed by atoms with E-state index in [-0.39, 0.29) is 12.5 Å². The van der Waals surface area contributed by atoms with Crippen molar-refractivity contribution in [2.45, 2.75) is 12.7 Å². The highest BCUT2D eigenvalue weighted by molar-refractivity contribution is 5.76. The highest BCUT2D eigenvalue weighted by atomic mass is 19.4. The number of piperazine rings is 1. The molecule has 12 heteroatoms. The van der Waals surface area contributed by atoms with Crippen molar-refractivity contribution in [1.29, 1.82) is 0 Å². The first-order valence-corrected chi connectivity index (χ1v) is 11.1. The van der Waals surface area contributed by atoms with Crippen LogP contribution in [0.3, 0.4) is 0 Å². The van der Waals surface area contributed by atoms with Crippen LogP contribution in [-0.2, 0) is 17.5 Å².